The van der Waals surface area contributed by atoms with E-state index < -0.39 is 0 Å². The van der Waals surface area contributed by atoms with Gasteiger partial charge < -0.3 is 5.32 Å². The number of benzene rings is 2. The van der Waals surface area contributed by atoms with E-state index in [2.05, 4.69) is 50.4 Å². The normalized spacial score (nSPS) is 10.4. The molecule has 94 valence electrons. The summed E-state index contributed by atoms with van der Waals surface area (Å²) >= 11 is 5.95. The second kappa shape index (κ2) is 5.45. The van der Waals surface area contributed by atoms with Crippen molar-refractivity contribution in [1.82, 2.24) is 0 Å². The second-order valence-electron chi connectivity index (χ2n) is 4.72. The molecule has 0 saturated carbocycles. The van der Waals surface area contributed by atoms with E-state index in [1.807, 2.05) is 12.1 Å². The molecule has 2 rings (SSSR count). The van der Waals surface area contributed by atoms with Crippen LogP contribution in [0.5, 0.6) is 0 Å². The van der Waals surface area contributed by atoms with Gasteiger partial charge >= 0.3 is 0 Å². The van der Waals surface area contributed by atoms with Gasteiger partial charge in [0.15, 0.2) is 0 Å². The molecule has 0 aromatic heterocycles. The Labute approximate surface area is 114 Å². The van der Waals surface area contributed by atoms with Gasteiger partial charge in [-0.3, -0.25) is 0 Å². The minimum atomic E-state index is 0.794. The van der Waals surface area contributed by atoms with Crippen molar-refractivity contribution in [1.29, 1.82) is 0 Å². The Hall–Kier alpha value is -1.47. The molecule has 0 unspecified atom stereocenters. The Kier molecular flexibility index (Phi) is 3.93. The number of nitrogens with one attached hydrogen (secondary N) is 1. The largest absolute Gasteiger partial charge is 0.381 e. The Balaban J connectivity index is 2.09. The summed E-state index contributed by atoms with van der Waals surface area (Å²) in [6, 6.07) is 12.5. The van der Waals surface area contributed by atoms with Gasteiger partial charge in [0.2, 0.25) is 0 Å². The van der Waals surface area contributed by atoms with Crippen LogP contribution in [0.25, 0.3) is 0 Å². The van der Waals surface area contributed by atoms with Crippen molar-refractivity contribution >= 4 is 17.3 Å². The fraction of sp³-hybridized carbons (Fsp3) is 0.250. The Morgan fingerprint density at radius 3 is 2.33 bits per heavy atom. The molecule has 1 nitrogen and oxygen atoms in total. The third-order valence-corrected chi connectivity index (χ3v) is 3.53. The van der Waals surface area contributed by atoms with Crippen molar-refractivity contribution in [2.45, 2.75) is 27.3 Å². The van der Waals surface area contributed by atoms with Crippen molar-refractivity contribution in [3.05, 3.63) is 63.7 Å². The monoisotopic (exact) mass is 259 g/mol. The molecule has 2 heteroatoms. The molecule has 2 aromatic carbocycles. The fourth-order valence-electron chi connectivity index (χ4n) is 1.91. The van der Waals surface area contributed by atoms with Gasteiger partial charge in [-0.05, 0) is 67.3 Å². The second-order valence-corrected chi connectivity index (χ2v) is 5.16. The molecule has 0 aliphatic rings. The number of rotatable bonds is 3. The van der Waals surface area contributed by atoms with Crippen LogP contribution in [0.3, 0.4) is 0 Å². The molecule has 2 aromatic rings. The minimum absolute atomic E-state index is 0.794. The van der Waals surface area contributed by atoms with Gasteiger partial charge in [0.25, 0.3) is 0 Å². The SMILES string of the molecule is Cc1ccc(NCc2ccc(Cl)cc2C)cc1C. The summed E-state index contributed by atoms with van der Waals surface area (Å²) in [5.41, 5.74) is 6.29. The lowest BCUT2D eigenvalue weighted by molar-refractivity contribution is 1.12. The predicted molar refractivity (Wildman–Crippen MR) is 79.4 cm³/mol. The van der Waals surface area contributed by atoms with Gasteiger partial charge in [-0.25, -0.2) is 0 Å². The topological polar surface area (TPSA) is 12.0 Å². The average Bonchev–Trinajstić information content (AvgIpc) is 2.32. The first-order chi connectivity index (χ1) is 8.56. The van der Waals surface area contributed by atoms with Gasteiger partial charge in [0.1, 0.15) is 0 Å². The zero-order valence-electron chi connectivity index (χ0n) is 11.0. The smallest absolute Gasteiger partial charge is 0.0408 e. The highest BCUT2D eigenvalue weighted by Gasteiger charge is 2.00. The van der Waals surface area contributed by atoms with Crippen molar-refractivity contribution in [2.75, 3.05) is 5.32 Å². The molecule has 0 amide bonds. The maximum atomic E-state index is 5.95. The number of hydrogen-bond donors (Lipinski definition) is 1. The summed E-state index contributed by atoms with van der Waals surface area (Å²) in [4.78, 5) is 0. The molecule has 0 bridgehead atoms. The number of halogens is 1. The van der Waals surface area contributed by atoms with E-state index in [1.165, 1.54) is 22.3 Å². The summed E-state index contributed by atoms with van der Waals surface area (Å²) in [6.07, 6.45) is 0. The third-order valence-electron chi connectivity index (χ3n) is 3.29. The minimum Gasteiger partial charge on any atom is -0.381 e. The molecule has 0 heterocycles. The molecule has 0 fully saturated rings. The van der Waals surface area contributed by atoms with Crippen molar-refractivity contribution in [2.24, 2.45) is 0 Å². The molecule has 0 aliphatic heterocycles. The van der Waals surface area contributed by atoms with Crippen LogP contribution in [0.4, 0.5) is 5.69 Å². The van der Waals surface area contributed by atoms with Crippen LogP contribution in [0.15, 0.2) is 36.4 Å². The molecule has 0 spiro atoms. The Morgan fingerprint density at radius 2 is 1.67 bits per heavy atom. The van der Waals surface area contributed by atoms with Gasteiger partial charge in [-0.1, -0.05) is 23.7 Å². The highest BCUT2D eigenvalue weighted by Crippen LogP contribution is 2.18. The number of anilines is 1. The highest BCUT2D eigenvalue weighted by atomic mass is 35.5. The van der Waals surface area contributed by atoms with Crippen molar-refractivity contribution in [3.8, 4) is 0 Å². The molecule has 1 N–H and O–H groups in total. The van der Waals surface area contributed by atoms with Gasteiger partial charge in [0.05, 0.1) is 0 Å². The van der Waals surface area contributed by atoms with E-state index >= 15 is 0 Å². The van der Waals surface area contributed by atoms with E-state index in [4.69, 9.17) is 11.6 Å². The van der Waals surface area contributed by atoms with Crippen LogP contribution < -0.4 is 5.32 Å². The first kappa shape index (κ1) is 13.0. The lowest BCUT2D eigenvalue weighted by Crippen LogP contribution is -2.01. The first-order valence-corrected chi connectivity index (χ1v) is 6.50. The van der Waals surface area contributed by atoms with Gasteiger partial charge in [-0.2, -0.15) is 0 Å². The quantitative estimate of drug-likeness (QED) is 0.829. The van der Waals surface area contributed by atoms with Crippen LogP contribution in [0.1, 0.15) is 22.3 Å². The zero-order chi connectivity index (χ0) is 13.1. The maximum Gasteiger partial charge on any atom is 0.0408 e. The molecular weight excluding hydrogens is 242 g/mol. The Bertz CT molecular complexity index is 561. The highest BCUT2D eigenvalue weighted by molar-refractivity contribution is 6.30. The van der Waals surface area contributed by atoms with Gasteiger partial charge in [0, 0.05) is 17.3 Å². The van der Waals surface area contributed by atoms with E-state index in [0.29, 0.717) is 0 Å². The van der Waals surface area contributed by atoms with E-state index in [0.717, 1.165) is 17.3 Å². The van der Waals surface area contributed by atoms with Crippen LogP contribution >= 0.6 is 11.6 Å². The number of aryl methyl sites for hydroxylation is 3. The van der Waals surface area contributed by atoms with E-state index in [1.54, 1.807) is 0 Å². The van der Waals surface area contributed by atoms with Crippen LogP contribution in [-0.2, 0) is 6.54 Å². The third kappa shape index (κ3) is 3.05. The standard InChI is InChI=1S/C16H18ClN/c1-11-4-7-16(9-12(11)2)18-10-14-5-6-15(17)8-13(14)3/h4-9,18H,10H2,1-3H3. The summed E-state index contributed by atoms with van der Waals surface area (Å²) in [7, 11) is 0. The van der Waals surface area contributed by atoms with E-state index in [9.17, 15) is 0 Å². The lowest BCUT2D eigenvalue weighted by atomic mass is 10.1. The summed E-state index contributed by atoms with van der Waals surface area (Å²) in [6.45, 7) is 7.17. The summed E-state index contributed by atoms with van der Waals surface area (Å²) in [5.74, 6) is 0. The Morgan fingerprint density at radius 1 is 0.889 bits per heavy atom. The summed E-state index contributed by atoms with van der Waals surface area (Å²) < 4.78 is 0. The van der Waals surface area contributed by atoms with Crippen molar-refractivity contribution < 1.29 is 0 Å². The molecular formula is C16H18ClN. The summed E-state index contributed by atoms with van der Waals surface area (Å²) in [5, 5.41) is 4.24. The molecule has 0 atom stereocenters. The number of hydrogen-bond acceptors (Lipinski definition) is 1. The van der Waals surface area contributed by atoms with E-state index in [-0.39, 0.29) is 0 Å². The lowest BCUT2D eigenvalue weighted by Gasteiger charge is -2.11. The predicted octanol–water partition coefficient (Wildman–Crippen LogP) is 4.88. The van der Waals surface area contributed by atoms with Crippen molar-refractivity contribution in [3.63, 3.8) is 0 Å². The maximum absolute atomic E-state index is 5.95. The first-order valence-electron chi connectivity index (χ1n) is 6.12. The molecule has 0 radical (unpaired) electrons. The average molecular weight is 260 g/mol. The van der Waals surface area contributed by atoms with Crippen LogP contribution in [-0.4, -0.2) is 0 Å². The zero-order valence-corrected chi connectivity index (χ0v) is 11.8. The molecule has 18 heavy (non-hydrogen) atoms. The molecule has 0 saturated heterocycles. The fourth-order valence-corrected chi connectivity index (χ4v) is 2.13. The van der Waals surface area contributed by atoms with Gasteiger partial charge in [-0.15, -0.1) is 0 Å². The van der Waals surface area contributed by atoms with Crippen LogP contribution in [0, 0.1) is 20.8 Å². The van der Waals surface area contributed by atoms with Crippen LogP contribution in [0.2, 0.25) is 5.02 Å². The molecule has 0 aliphatic carbocycles.